The zero-order valence-corrected chi connectivity index (χ0v) is 18.8. The zero-order chi connectivity index (χ0) is 22.6. The van der Waals surface area contributed by atoms with Gasteiger partial charge in [0.25, 0.3) is 0 Å². The van der Waals surface area contributed by atoms with Crippen molar-refractivity contribution in [3.8, 4) is 0 Å². The quantitative estimate of drug-likeness (QED) is 0.368. The van der Waals surface area contributed by atoms with Crippen LogP contribution in [-0.4, -0.2) is 49.0 Å². The van der Waals surface area contributed by atoms with Gasteiger partial charge < -0.3 is 19.7 Å². The van der Waals surface area contributed by atoms with Gasteiger partial charge in [-0.3, -0.25) is 0 Å². The van der Waals surface area contributed by atoms with Crippen molar-refractivity contribution in [2.75, 3.05) is 6.61 Å². The van der Waals surface area contributed by atoms with Crippen molar-refractivity contribution in [2.24, 2.45) is 5.41 Å². The second-order valence-corrected chi connectivity index (χ2v) is 10.2. The van der Waals surface area contributed by atoms with Crippen molar-refractivity contribution in [1.29, 1.82) is 0 Å². The minimum atomic E-state index is -0.948. The lowest BCUT2D eigenvalue weighted by Gasteiger charge is -2.21. The Morgan fingerprint density at radius 2 is 1.62 bits per heavy atom. The van der Waals surface area contributed by atoms with E-state index in [2.05, 4.69) is 69.3 Å². The third kappa shape index (κ3) is 3.78. The lowest BCUT2D eigenvalue weighted by atomic mass is 9.85. The lowest BCUT2D eigenvalue weighted by molar-refractivity contribution is -0.0351. The highest BCUT2D eigenvalue weighted by Gasteiger charge is 2.41. The molecule has 0 aliphatic carbocycles. The average molecular weight is 428 g/mol. The third-order valence-electron chi connectivity index (χ3n) is 6.47. The summed E-state index contributed by atoms with van der Waals surface area (Å²) in [6.45, 7) is 6.82. The highest BCUT2D eigenvalue weighted by Crippen LogP contribution is 2.38. The van der Waals surface area contributed by atoms with Crippen LogP contribution >= 0.6 is 0 Å². The molecule has 5 heteroatoms. The predicted molar refractivity (Wildman–Crippen MR) is 129 cm³/mol. The third-order valence-corrected chi connectivity index (χ3v) is 6.47. The van der Waals surface area contributed by atoms with Gasteiger partial charge in [0.05, 0.1) is 13.2 Å². The Morgan fingerprint density at radius 3 is 2.28 bits per heavy atom. The molecule has 0 spiro atoms. The zero-order valence-electron chi connectivity index (χ0n) is 18.8. The summed E-state index contributed by atoms with van der Waals surface area (Å²) in [6.07, 6.45) is -1.30. The van der Waals surface area contributed by atoms with Crippen LogP contribution in [-0.2, 0) is 22.5 Å². The van der Waals surface area contributed by atoms with Crippen LogP contribution in [0.4, 0.5) is 0 Å². The van der Waals surface area contributed by atoms with Crippen LogP contribution in [0.1, 0.15) is 31.9 Å². The van der Waals surface area contributed by atoms with E-state index in [1.165, 1.54) is 32.5 Å². The van der Waals surface area contributed by atoms with Crippen molar-refractivity contribution in [3.63, 3.8) is 0 Å². The first kappa shape index (κ1) is 21.7. The molecule has 1 fully saturated rings. The number of benzene rings is 4. The van der Waals surface area contributed by atoms with Crippen molar-refractivity contribution >= 4 is 40.2 Å². The fourth-order valence-corrected chi connectivity index (χ4v) is 5.08. The summed E-state index contributed by atoms with van der Waals surface area (Å²) in [5, 5.41) is 27.1. The fraction of sp³-hybridized carbons (Fsp3) is 0.407. The number of aliphatic hydroxyl groups excluding tert-OH is 2. The summed E-state index contributed by atoms with van der Waals surface area (Å²) in [5.74, 6) is 0. The fourth-order valence-electron chi connectivity index (χ4n) is 5.08. The molecule has 32 heavy (non-hydrogen) atoms. The van der Waals surface area contributed by atoms with E-state index >= 15 is 0 Å². The van der Waals surface area contributed by atoms with E-state index in [9.17, 15) is 10.2 Å². The summed E-state index contributed by atoms with van der Waals surface area (Å²) in [5.41, 5.74) is 2.63. The van der Waals surface area contributed by atoms with Gasteiger partial charge in [-0.2, -0.15) is 0 Å². The average Bonchev–Trinajstić information content (AvgIpc) is 3.02. The van der Waals surface area contributed by atoms with Gasteiger partial charge in [0.15, 0.2) is 0 Å². The smallest absolute Gasteiger partial charge is 0.112 e. The summed E-state index contributed by atoms with van der Waals surface area (Å²) in [4.78, 5) is 0. The second kappa shape index (κ2) is 8.00. The number of hydrogen-bond donors (Lipinski definition) is 2. The minimum Gasteiger partial charge on any atom is -0.394 e. The number of aliphatic hydroxyl groups is 2. The van der Waals surface area contributed by atoms with Crippen LogP contribution in [0.15, 0.2) is 48.5 Å². The van der Waals surface area contributed by atoms with Crippen LogP contribution in [0.25, 0.3) is 32.3 Å². The molecule has 2 N–H and O–H groups in total. The Balaban J connectivity index is 1.53. The molecule has 0 bridgehead atoms. The molecule has 164 valence electrons. The molecule has 4 atom stereocenters. The molecule has 1 saturated heterocycles. The van der Waals surface area contributed by atoms with Crippen molar-refractivity contribution in [2.45, 2.75) is 58.1 Å². The van der Waals surface area contributed by atoms with E-state index in [4.69, 9.17) is 17.3 Å². The second-order valence-electron chi connectivity index (χ2n) is 10.2. The summed E-state index contributed by atoms with van der Waals surface area (Å²) in [7, 11) is 5.97. The van der Waals surface area contributed by atoms with Gasteiger partial charge in [-0.1, -0.05) is 69.3 Å². The van der Waals surface area contributed by atoms with Gasteiger partial charge in [-0.05, 0) is 55.3 Å². The van der Waals surface area contributed by atoms with E-state index < -0.39 is 24.3 Å². The van der Waals surface area contributed by atoms with Crippen molar-refractivity contribution in [1.82, 2.24) is 0 Å². The first-order valence-corrected chi connectivity index (χ1v) is 11.3. The lowest BCUT2D eigenvalue weighted by Crippen LogP contribution is -2.36. The normalized spacial score (nSPS) is 24.3. The maximum absolute atomic E-state index is 10.3. The predicted octanol–water partition coefficient (Wildman–Crippen LogP) is 4.30. The van der Waals surface area contributed by atoms with Crippen LogP contribution in [0.3, 0.4) is 0 Å². The Morgan fingerprint density at radius 1 is 0.969 bits per heavy atom. The van der Waals surface area contributed by atoms with Crippen LogP contribution in [0.2, 0.25) is 0 Å². The number of rotatable bonds is 5. The SMILES string of the molecule is [B]C1OC(CO)C(O)C1OCc1ccc2ccc3cc(CC(C)(C)C)cc4ccc1c2c34. The van der Waals surface area contributed by atoms with Gasteiger partial charge in [0, 0.05) is 6.00 Å². The largest absolute Gasteiger partial charge is 0.394 e. The molecule has 5 rings (SSSR count). The maximum atomic E-state index is 10.3. The Bertz CT molecular complexity index is 1240. The molecule has 4 aromatic rings. The molecule has 2 radical (unpaired) electrons. The van der Waals surface area contributed by atoms with Crippen LogP contribution < -0.4 is 0 Å². The molecule has 1 aliphatic rings. The number of ether oxygens (including phenoxy) is 2. The van der Waals surface area contributed by atoms with E-state index in [-0.39, 0.29) is 12.0 Å². The molecule has 0 saturated carbocycles. The molecule has 4 aromatic carbocycles. The summed E-state index contributed by atoms with van der Waals surface area (Å²) < 4.78 is 11.4. The molecule has 4 unspecified atom stereocenters. The standard InChI is InChI=1S/C27H29BO4/c1-27(2,3)12-15-10-17-6-4-16-5-7-19(20-9-8-18(11-15)22(17)23(16)20)14-31-25-24(30)21(13-29)32-26(25)28/h4-11,21,24-26,29-30H,12-14H2,1-3H3. The molecule has 1 heterocycles. The minimum absolute atomic E-state index is 0.232. The molecule has 0 amide bonds. The Hall–Kier alpha value is -2.18. The molecule has 0 aromatic heterocycles. The molecular weight excluding hydrogens is 399 g/mol. The van der Waals surface area contributed by atoms with E-state index in [1.807, 2.05) is 0 Å². The van der Waals surface area contributed by atoms with E-state index in [1.54, 1.807) is 0 Å². The van der Waals surface area contributed by atoms with Crippen LogP contribution in [0.5, 0.6) is 0 Å². The van der Waals surface area contributed by atoms with E-state index in [0.717, 1.165) is 17.4 Å². The van der Waals surface area contributed by atoms with Gasteiger partial charge in [-0.15, -0.1) is 0 Å². The Labute approximate surface area is 189 Å². The highest BCUT2D eigenvalue weighted by molar-refractivity contribution is 6.23. The first-order valence-electron chi connectivity index (χ1n) is 11.3. The summed E-state index contributed by atoms with van der Waals surface area (Å²) in [6, 6.07) is 16.8. The molecular formula is C27H29BO4. The summed E-state index contributed by atoms with van der Waals surface area (Å²) >= 11 is 0. The van der Waals surface area contributed by atoms with E-state index in [0.29, 0.717) is 6.61 Å². The van der Waals surface area contributed by atoms with Crippen molar-refractivity contribution < 1.29 is 19.7 Å². The molecule has 1 aliphatic heterocycles. The van der Waals surface area contributed by atoms with Gasteiger partial charge in [-0.25, -0.2) is 0 Å². The topological polar surface area (TPSA) is 58.9 Å². The van der Waals surface area contributed by atoms with Gasteiger partial charge in [0.1, 0.15) is 26.2 Å². The van der Waals surface area contributed by atoms with Gasteiger partial charge in [0.2, 0.25) is 0 Å². The van der Waals surface area contributed by atoms with Crippen molar-refractivity contribution in [3.05, 3.63) is 59.7 Å². The Kier molecular flexibility index (Phi) is 5.41. The number of hydrogen-bond acceptors (Lipinski definition) is 4. The first-order chi connectivity index (χ1) is 15.2. The maximum Gasteiger partial charge on any atom is 0.112 e. The van der Waals surface area contributed by atoms with Crippen LogP contribution in [0, 0.1) is 5.41 Å². The monoisotopic (exact) mass is 428 g/mol. The van der Waals surface area contributed by atoms with Gasteiger partial charge >= 0.3 is 0 Å². The highest BCUT2D eigenvalue weighted by atomic mass is 16.6. The molecule has 4 nitrogen and oxygen atoms in total.